The van der Waals surface area contributed by atoms with Gasteiger partial charge in [0.25, 0.3) is 0 Å². The van der Waals surface area contributed by atoms with Crippen molar-refractivity contribution in [1.82, 2.24) is 9.55 Å². The van der Waals surface area contributed by atoms with Crippen LogP contribution in [-0.4, -0.2) is 9.55 Å². The molecule has 1 aromatic heterocycles. The molecule has 0 aliphatic rings. The summed E-state index contributed by atoms with van der Waals surface area (Å²) >= 11 is 3.50. The van der Waals surface area contributed by atoms with E-state index in [0.717, 1.165) is 15.8 Å². The Balaban J connectivity index is 3.00. The molecule has 0 aliphatic carbocycles. The second-order valence-corrected chi connectivity index (χ2v) is 4.13. The van der Waals surface area contributed by atoms with Crippen molar-refractivity contribution in [3.05, 3.63) is 28.0 Å². The van der Waals surface area contributed by atoms with Gasteiger partial charge in [-0.25, -0.2) is 4.98 Å². The standard InChI is InChI=1S/C10H11BrN2/c1-6-4-5-8(11)9-10(6)13(3)7(2)12-9/h4-5H,1-3H3. The van der Waals surface area contributed by atoms with Crippen LogP contribution in [0.1, 0.15) is 11.4 Å². The minimum Gasteiger partial charge on any atom is -0.331 e. The molecule has 0 saturated heterocycles. The lowest BCUT2D eigenvalue weighted by Gasteiger charge is -2.00. The number of aryl methyl sites for hydroxylation is 3. The number of fused-ring (bicyclic) bond motifs is 1. The molecule has 68 valence electrons. The van der Waals surface area contributed by atoms with Crippen LogP contribution in [0.15, 0.2) is 16.6 Å². The molecule has 0 atom stereocenters. The Morgan fingerprint density at radius 1 is 1.31 bits per heavy atom. The smallest absolute Gasteiger partial charge is 0.106 e. The topological polar surface area (TPSA) is 17.8 Å². The van der Waals surface area contributed by atoms with Crippen molar-refractivity contribution in [2.24, 2.45) is 7.05 Å². The lowest BCUT2D eigenvalue weighted by atomic mass is 10.2. The first kappa shape index (κ1) is 8.75. The van der Waals surface area contributed by atoms with Gasteiger partial charge in [-0.15, -0.1) is 0 Å². The Morgan fingerprint density at radius 3 is 2.62 bits per heavy atom. The van der Waals surface area contributed by atoms with Crippen LogP contribution in [0, 0.1) is 13.8 Å². The van der Waals surface area contributed by atoms with Gasteiger partial charge in [-0.2, -0.15) is 0 Å². The number of imidazole rings is 1. The monoisotopic (exact) mass is 238 g/mol. The second kappa shape index (κ2) is 2.84. The molecule has 0 saturated carbocycles. The maximum absolute atomic E-state index is 4.49. The van der Waals surface area contributed by atoms with E-state index in [1.54, 1.807) is 0 Å². The van der Waals surface area contributed by atoms with E-state index in [0.29, 0.717) is 0 Å². The van der Waals surface area contributed by atoms with Crippen LogP contribution in [0.5, 0.6) is 0 Å². The molecule has 3 heteroatoms. The second-order valence-electron chi connectivity index (χ2n) is 3.28. The van der Waals surface area contributed by atoms with Gasteiger partial charge < -0.3 is 4.57 Å². The van der Waals surface area contributed by atoms with Gasteiger partial charge >= 0.3 is 0 Å². The summed E-state index contributed by atoms with van der Waals surface area (Å²) in [5.41, 5.74) is 3.54. The zero-order chi connectivity index (χ0) is 9.59. The average Bonchev–Trinajstić information content (AvgIpc) is 2.38. The van der Waals surface area contributed by atoms with E-state index < -0.39 is 0 Å². The summed E-state index contributed by atoms with van der Waals surface area (Å²) in [7, 11) is 2.05. The Hall–Kier alpha value is -0.830. The maximum Gasteiger partial charge on any atom is 0.106 e. The summed E-state index contributed by atoms with van der Waals surface area (Å²) in [5, 5.41) is 0. The summed E-state index contributed by atoms with van der Waals surface area (Å²) in [6.45, 7) is 4.13. The zero-order valence-electron chi connectivity index (χ0n) is 7.93. The number of hydrogen-bond donors (Lipinski definition) is 0. The number of nitrogens with zero attached hydrogens (tertiary/aromatic N) is 2. The fourth-order valence-corrected chi connectivity index (χ4v) is 1.99. The molecule has 2 rings (SSSR count). The fourth-order valence-electron chi connectivity index (χ4n) is 1.58. The fraction of sp³-hybridized carbons (Fsp3) is 0.300. The van der Waals surface area contributed by atoms with Gasteiger partial charge in [-0.05, 0) is 41.4 Å². The molecular formula is C10H11BrN2. The summed E-state index contributed by atoms with van der Waals surface area (Å²) in [5.74, 6) is 1.05. The number of halogens is 1. The van der Waals surface area contributed by atoms with Crippen molar-refractivity contribution in [3.8, 4) is 0 Å². The third-order valence-corrected chi connectivity index (χ3v) is 3.04. The van der Waals surface area contributed by atoms with E-state index >= 15 is 0 Å². The van der Waals surface area contributed by atoms with E-state index in [2.05, 4.69) is 38.5 Å². The molecule has 13 heavy (non-hydrogen) atoms. The zero-order valence-corrected chi connectivity index (χ0v) is 9.51. The molecule has 0 N–H and O–H groups in total. The Kier molecular flexibility index (Phi) is 1.91. The van der Waals surface area contributed by atoms with Crippen LogP contribution >= 0.6 is 15.9 Å². The predicted octanol–water partition coefficient (Wildman–Crippen LogP) is 2.95. The molecule has 0 aliphatic heterocycles. The highest BCUT2D eigenvalue weighted by atomic mass is 79.9. The molecule has 1 heterocycles. The maximum atomic E-state index is 4.49. The molecule has 0 spiro atoms. The number of benzene rings is 1. The summed E-state index contributed by atoms with van der Waals surface area (Å²) in [6.07, 6.45) is 0. The van der Waals surface area contributed by atoms with Gasteiger partial charge in [0.05, 0.1) is 5.52 Å². The van der Waals surface area contributed by atoms with Gasteiger partial charge in [0, 0.05) is 11.5 Å². The Bertz CT molecular complexity index is 471. The van der Waals surface area contributed by atoms with Crippen molar-refractivity contribution in [3.63, 3.8) is 0 Å². The van der Waals surface area contributed by atoms with Crippen LogP contribution in [-0.2, 0) is 7.05 Å². The minimum atomic E-state index is 1.05. The van der Waals surface area contributed by atoms with Crippen molar-refractivity contribution >= 4 is 27.0 Å². The van der Waals surface area contributed by atoms with Gasteiger partial charge in [-0.1, -0.05) is 6.07 Å². The van der Waals surface area contributed by atoms with Gasteiger partial charge in [0.15, 0.2) is 0 Å². The highest BCUT2D eigenvalue weighted by Crippen LogP contribution is 2.26. The van der Waals surface area contributed by atoms with Crippen LogP contribution in [0.25, 0.3) is 11.0 Å². The van der Waals surface area contributed by atoms with Gasteiger partial charge in [0.2, 0.25) is 0 Å². The van der Waals surface area contributed by atoms with Crippen LogP contribution in [0.3, 0.4) is 0 Å². The molecule has 0 radical (unpaired) electrons. The van der Waals surface area contributed by atoms with Crippen molar-refractivity contribution in [2.75, 3.05) is 0 Å². The quantitative estimate of drug-likeness (QED) is 0.691. The van der Waals surface area contributed by atoms with Crippen LogP contribution in [0.4, 0.5) is 0 Å². The molecule has 0 unspecified atom stereocenters. The van der Waals surface area contributed by atoms with Crippen molar-refractivity contribution < 1.29 is 0 Å². The number of aromatic nitrogens is 2. The molecule has 1 aromatic carbocycles. The third kappa shape index (κ3) is 1.18. The van der Waals surface area contributed by atoms with E-state index in [4.69, 9.17) is 0 Å². The molecule has 0 fully saturated rings. The first-order valence-corrected chi connectivity index (χ1v) is 4.98. The minimum absolute atomic E-state index is 1.05. The lowest BCUT2D eigenvalue weighted by molar-refractivity contribution is 0.883. The van der Waals surface area contributed by atoms with Crippen LogP contribution < -0.4 is 0 Å². The molecule has 2 nitrogen and oxygen atoms in total. The lowest BCUT2D eigenvalue weighted by Crippen LogP contribution is -1.91. The average molecular weight is 239 g/mol. The largest absolute Gasteiger partial charge is 0.331 e. The highest BCUT2D eigenvalue weighted by Gasteiger charge is 2.08. The van der Waals surface area contributed by atoms with Crippen LogP contribution in [0.2, 0.25) is 0 Å². The molecule has 0 amide bonds. The number of hydrogen-bond acceptors (Lipinski definition) is 1. The SMILES string of the molecule is Cc1ccc(Br)c2nc(C)n(C)c12. The normalized spacial score (nSPS) is 11.1. The van der Waals surface area contributed by atoms with Crippen molar-refractivity contribution in [2.45, 2.75) is 13.8 Å². The summed E-state index contributed by atoms with van der Waals surface area (Å²) in [6, 6.07) is 4.15. The van der Waals surface area contributed by atoms with E-state index in [1.807, 2.05) is 20.0 Å². The van der Waals surface area contributed by atoms with Gasteiger partial charge in [0.1, 0.15) is 11.3 Å². The Morgan fingerprint density at radius 2 is 2.00 bits per heavy atom. The first-order valence-electron chi connectivity index (χ1n) is 4.19. The Labute approximate surface area is 85.7 Å². The van der Waals surface area contributed by atoms with E-state index in [1.165, 1.54) is 11.1 Å². The van der Waals surface area contributed by atoms with Crippen molar-refractivity contribution in [1.29, 1.82) is 0 Å². The summed E-state index contributed by atoms with van der Waals surface area (Å²) < 4.78 is 3.19. The molecular weight excluding hydrogens is 228 g/mol. The summed E-state index contributed by atoms with van der Waals surface area (Å²) in [4.78, 5) is 4.49. The molecule has 0 bridgehead atoms. The third-order valence-electron chi connectivity index (χ3n) is 2.40. The number of rotatable bonds is 0. The predicted molar refractivity (Wildman–Crippen MR) is 57.9 cm³/mol. The highest BCUT2D eigenvalue weighted by molar-refractivity contribution is 9.10. The van der Waals surface area contributed by atoms with E-state index in [-0.39, 0.29) is 0 Å². The first-order chi connectivity index (χ1) is 6.11. The van der Waals surface area contributed by atoms with E-state index in [9.17, 15) is 0 Å². The molecule has 2 aromatic rings. The van der Waals surface area contributed by atoms with Gasteiger partial charge in [-0.3, -0.25) is 0 Å².